The topological polar surface area (TPSA) is 69.6 Å². The summed E-state index contributed by atoms with van der Waals surface area (Å²) in [6, 6.07) is 8.38. The standard InChI is InChI=1S/C18H11Cl2F2N5/c19-12-2-1-3-13(20)11(12)7-27-8-24-16(23)15-18(27)26-17(25-15)10-5-4-9(21)6-14(10)22/h1-6,8H,7,23H2. The van der Waals surface area contributed by atoms with E-state index in [0.717, 1.165) is 12.1 Å². The smallest absolute Gasteiger partial charge is 0.166 e. The normalized spacial score (nSPS) is 11.3. The minimum Gasteiger partial charge on any atom is -0.382 e. The Hall–Kier alpha value is -2.77. The molecule has 0 atom stereocenters. The van der Waals surface area contributed by atoms with Gasteiger partial charge in [-0.2, -0.15) is 0 Å². The first-order valence-electron chi connectivity index (χ1n) is 7.80. The Morgan fingerprint density at radius 3 is 2.48 bits per heavy atom. The number of fused-ring (bicyclic) bond motifs is 1. The minimum absolute atomic E-state index is 0.0642. The lowest BCUT2D eigenvalue weighted by molar-refractivity contribution is 0.585. The fourth-order valence-corrected chi connectivity index (χ4v) is 3.23. The molecule has 0 amide bonds. The molecule has 2 aromatic rings. The molecule has 0 aromatic heterocycles. The van der Waals surface area contributed by atoms with Gasteiger partial charge in [-0.05, 0) is 24.3 Å². The van der Waals surface area contributed by atoms with Gasteiger partial charge in [0.05, 0.1) is 18.4 Å². The number of rotatable bonds is 3. The summed E-state index contributed by atoms with van der Waals surface area (Å²) in [5.41, 5.74) is 6.95. The second kappa shape index (κ2) is 6.75. The molecule has 0 spiro atoms. The maximum atomic E-state index is 14.1. The average molecular weight is 406 g/mol. The highest BCUT2D eigenvalue weighted by Gasteiger charge is 2.22. The molecule has 0 unspecified atom stereocenters. The van der Waals surface area contributed by atoms with Crippen molar-refractivity contribution in [1.82, 2.24) is 19.5 Å². The quantitative estimate of drug-likeness (QED) is 0.537. The predicted octanol–water partition coefficient (Wildman–Crippen LogP) is 4.66. The maximum absolute atomic E-state index is 14.1. The molecule has 4 rings (SSSR count). The van der Waals surface area contributed by atoms with Crippen LogP contribution >= 0.6 is 23.2 Å². The third-order valence-electron chi connectivity index (χ3n) is 4.05. The van der Waals surface area contributed by atoms with Gasteiger partial charge >= 0.3 is 0 Å². The van der Waals surface area contributed by atoms with Crippen molar-refractivity contribution in [2.24, 2.45) is 0 Å². The van der Waals surface area contributed by atoms with E-state index in [2.05, 4.69) is 15.0 Å². The first kappa shape index (κ1) is 17.6. The first-order chi connectivity index (χ1) is 12.9. The van der Waals surface area contributed by atoms with Crippen molar-refractivity contribution < 1.29 is 8.78 Å². The fourth-order valence-electron chi connectivity index (χ4n) is 2.71. The number of halogens is 4. The SMILES string of the molecule is Nc1ncn(Cc2c(Cl)cccc2Cl)c2nc(-c3ccc(F)cc3F)nc1-2. The van der Waals surface area contributed by atoms with E-state index in [1.807, 2.05) is 0 Å². The van der Waals surface area contributed by atoms with Crippen LogP contribution in [0, 0.1) is 11.6 Å². The van der Waals surface area contributed by atoms with Crippen molar-refractivity contribution in [2.75, 3.05) is 5.73 Å². The van der Waals surface area contributed by atoms with Crippen LogP contribution in [0.25, 0.3) is 22.9 Å². The van der Waals surface area contributed by atoms with Crippen molar-refractivity contribution in [3.63, 3.8) is 0 Å². The zero-order valence-corrected chi connectivity index (χ0v) is 15.1. The molecule has 2 N–H and O–H groups in total. The number of hydrogen-bond donors (Lipinski definition) is 1. The summed E-state index contributed by atoms with van der Waals surface area (Å²) >= 11 is 12.5. The molecular weight excluding hydrogens is 395 g/mol. The summed E-state index contributed by atoms with van der Waals surface area (Å²) in [7, 11) is 0. The van der Waals surface area contributed by atoms with E-state index in [9.17, 15) is 8.78 Å². The molecule has 2 aromatic carbocycles. The number of nitrogen functional groups attached to an aromatic ring is 1. The summed E-state index contributed by atoms with van der Waals surface area (Å²) in [5, 5.41) is 0.980. The van der Waals surface area contributed by atoms with E-state index in [-0.39, 0.29) is 23.8 Å². The van der Waals surface area contributed by atoms with Gasteiger partial charge in [-0.1, -0.05) is 29.3 Å². The van der Waals surface area contributed by atoms with E-state index >= 15 is 0 Å². The largest absolute Gasteiger partial charge is 0.382 e. The number of imidazole rings is 1. The summed E-state index contributed by atoms with van der Waals surface area (Å²) in [6.07, 6.45) is 1.48. The second-order valence-electron chi connectivity index (χ2n) is 5.80. The Bertz CT molecular complexity index is 1110. The lowest BCUT2D eigenvalue weighted by Crippen LogP contribution is -2.09. The molecule has 0 aliphatic carbocycles. The maximum Gasteiger partial charge on any atom is 0.166 e. The molecule has 0 radical (unpaired) electrons. The molecule has 2 heterocycles. The zero-order valence-electron chi connectivity index (χ0n) is 13.6. The van der Waals surface area contributed by atoms with E-state index < -0.39 is 11.6 Å². The van der Waals surface area contributed by atoms with Crippen LogP contribution in [0.2, 0.25) is 10.0 Å². The summed E-state index contributed by atoms with van der Waals surface area (Å²) in [4.78, 5) is 12.7. The third kappa shape index (κ3) is 3.20. The van der Waals surface area contributed by atoms with Crippen molar-refractivity contribution >= 4 is 29.0 Å². The van der Waals surface area contributed by atoms with Crippen molar-refractivity contribution in [2.45, 2.75) is 6.54 Å². The molecule has 0 bridgehead atoms. The summed E-state index contributed by atoms with van der Waals surface area (Å²) < 4.78 is 28.9. The van der Waals surface area contributed by atoms with Gasteiger partial charge in [-0.25, -0.2) is 23.7 Å². The second-order valence-corrected chi connectivity index (χ2v) is 6.62. The molecule has 2 aliphatic heterocycles. The van der Waals surface area contributed by atoms with E-state index in [1.54, 1.807) is 22.8 Å². The van der Waals surface area contributed by atoms with Crippen LogP contribution in [0.15, 0.2) is 42.7 Å². The highest BCUT2D eigenvalue weighted by molar-refractivity contribution is 6.36. The minimum atomic E-state index is -0.766. The lowest BCUT2D eigenvalue weighted by Gasteiger charge is -2.13. The van der Waals surface area contributed by atoms with E-state index in [1.165, 1.54) is 12.4 Å². The molecular formula is C18H11Cl2F2N5. The van der Waals surface area contributed by atoms with Crippen LogP contribution in [0.4, 0.5) is 14.6 Å². The first-order valence-corrected chi connectivity index (χ1v) is 8.56. The molecule has 0 fully saturated rings. The summed E-state index contributed by atoms with van der Waals surface area (Å²) in [5.74, 6) is -0.833. The van der Waals surface area contributed by atoms with Gasteiger partial charge in [0.15, 0.2) is 23.2 Å². The average Bonchev–Trinajstić information content (AvgIpc) is 3.06. The van der Waals surface area contributed by atoms with Crippen LogP contribution in [0.3, 0.4) is 0 Å². The Morgan fingerprint density at radius 2 is 1.78 bits per heavy atom. The van der Waals surface area contributed by atoms with Gasteiger partial charge in [-0.3, -0.25) is 0 Å². The van der Waals surface area contributed by atoms with Gasteiger partial charge in [0.25, 0.3) is 0 Å². The number of aromatic nitrogens is 4. The van der Waals surface area contributed by atoms with Crippen LogP contribution in [-0.4, -0.2) is 19.5 Å². The van der Waals surface area contributed by atoms with Crippen molar-refractivity contribution in [3.05, 3.63) is 70.0 Å². The van der Waals surface area contributed by atoms with Crippen LogP contribution in [0.5, 0.6) is 0 Å². The highest BCUT2D eigenvalue weighted by atomic mass is 35.5. The van der Waals surface area contributed by atoms with Crippen molar-refractivity contribution in [3.8, 4) is 22.9 Å². The van der Waals surface area contributed by atoms with Crippen LogP contribution in [0.1, 0.15) is 5.56 Å². The van der Waals surface area contributed by atoms with Gasteiger partial charge in [0.2, 0.25) is 0 Å². The fraction of sp³-hybridized carbons (Fsp3) is 0.0556. The van der Waals surface area contributed by atoms with E-state index in [0.29, 0.717) is 27.1 Å². The number of nitrogens with two attached hydrogens (primary N) is 1. The molecule has 5 nitrogen and oxygen atoms in total. The zero-order chi connectivity index (χ0) is 19.1. The summed E-state index contributed by atoms with van der Waals surface area (Å²) in [6.45, 7) is 0.270. The Kier molecular flexibility index (Phi) is 4.41. The van der Waals surface area contributed by atoms with Gasteiger partial charge in [0, 0.05) is 21.7 Å². The van der Waals surface area contributed by atoms with Crippen LogP contribution in [-0.2, 0) is 6.54 Å². The monoisotopic (exact) mass is 405 g/mol. The lowest BCUT2D eigenvalue weighted by atomic mass is 10.2. The molecule has 136 valence electrons. The van der Waals surface area contributed by atoms with Crippen molar-refractivity contribution in [1.29, 1.82) is 0 Å². The Balaban J connectivity index is 1.84. The number of nitrogens with zero attached hydrogens (tertiary/aromatic N) is 4. The van der Waals surface area contributed by atoms with Gasteiger partial charge in [-0.15, -0.1) is 0 Å². The Labute approximate surface area is 162 Å². The number of anilines is 1. The Morgan fingerprint density at radius 1 is 1.04 bits per heavy atom. The van der Waals surface area contributed by atoms with Gasteiger partial charge < -0.3 is 10.3 Å². The third-order valence-corrected chi connectivity index (χ3v) is 4.76. The molecule has 2 aliphatic rings. The molecule has 27 heavy (non-hydrogen) atoms. The van der Waals surface area contributed by atoms with Gasteiger partial charge in [0.1, 0.15) is 11.6 Å². The van der Waals surface area contributed by atoms with Crippen LogP contribution < -0.4 is 5.73 Å². The number of hydrogen-bond acceptors (Lipinski definition) is 4. The molecule has 0 saturated heterocycles. The molecule has 0 saturated carbocycles. The molecule has 9 heteroatoms. The van der Waals surface area contributed by atoms with E-state index in [4.69, 9.17) is 28.9 Å². The predicted molar refractivity (Wildman–Crippen MR) is 99.8 cm³/mol. The number of benzene rings is 2. The highest BCUT2D eigenvalue weighted by Crippen LogP contribution is 2.31.